The fraction of sp³-hybridized carbons (Fsp3) is 0.286. The summed E-state index contributed by atoms with van der Waals surface area (Å²) in [5.74, 6) is -3.49. The minimum atomic E-state index is -4.52. The maximum atomic E-state index is 15.0. The molecule has 4 rings (SSSR count). The molecule has 0 unspecified atom stereocenters. The number of likely N-dealkylation sites (tertiary alicyclic amines) is 1. The first-order valence-electron chi connectivity index (χ1n) is 9.96. The zero-order valence-electron chi connectivity index (χ0n) is 17.4. The molecule has 1 aromatic heterocycles. The van der Waals surface area contributed by atoms with Crippen LogP contribution in [0, 0.1) is 30.2 Å². The van der Waals surface area contributed by atoms with Crippen molar-refractivity contribution in [3.8, 4) is 0 Å². The Kier molecular flexibility index (Phi) is 6.59. The van der Waals surface area contributed by atoms with Crippen molar-refractivity contribution in [3.63, 3.8) is 0 Å². The smallest absolute Gasteiger partial charge is 0.268 e. The van der Waals surface area contributed by atoms with Gasteiger partial charge in [-0.1, -0.05) is 0 Å². The minimum absolute atomic E-state index is 0.0283. The van der Waals surface area contributed by atoms with E-state index >= 15 is 0 Å². The Hall–Kier alpha value is -2.70. The Bertz CT molecular complexity index is 1270. The number of nitrogens with zero attached hydrogens (tertiary/aromatic N) is 2. The van der Waals surface area contributed by atoms with Crippen molar-refractivity contribution in [2.24, 2.45) is 0 Å². The molecule has 1 saturated heterocycles. The fourth-order valence-electron chi connectivity index (χ4n) is 3.76. The second kappa shape index (κ2) is 9.27. The molecule has 12 heteroatoms. The van der Waals surface area contributed by atoms with Gasteiger partial charge in [-0.15, -0.1) is 11.3 Å². The lowest BCUT2D eigenvalue weighted by molar-refractivity contribution is 0.322. The molecule has 6 nitrogen and oxygen atoms in total. The van der Waals surface area contributed by atoms with Gasteiger partial charge in [-0.25, -0.2) is 31.0 Å². The number of halogens is 4. The Morgan fingerprint density at radius 3 is 2.70 bits per heavy atom. The van der Waals surface area contributed by atoms with Gasteiger partial charge < -0.3 is 5.32 Å². The van der Waals surface area contributed by atoms with E-state index in [1.807, 2.05) is 4.90 Å². The predicted molar refractivity (Wildman–Crippen MR) is 118 cm³/mol. The van der Waals surface area contributed by atoms with Gasteiger partial charge in [0.2, 0.25) is 0 Å². The van der Waals surface area contributed by atoms with Crippen LogP contribution < -0.4 is 10.0 Å². The van der Waals surface area contributed by atoms with Crippen molar-refractivity contribution in [1.29, 1.82) is 0 Å². The van der Waals surface area contributed by atoms with E-state index in [-0.39, 0.29) is 35.2 Å². The third-order valence-corrected chi connectivity index (χ3v) is 7.37. The highest BCUT2D eigenvalue weighted by Gasteiger charge is 2.30. The molecule has 2 N–H and O–H groups in total. The van der Waals surface area contributed by atoms with E-state index in [1.165, 1.54) is 17.8 Å². The Morgan fingerprint density at radius 1 is 1.18 bits per heavy atom. The minimum Gasteiger partial charge on any atom is -0.381 e. The zero-order valence-corrected chi connectivity index (χ0v) is 19.0. The van der Waals surface area contributed by atoms with Crippen LogP contribution in [0.2, 0.25) is 0 Å². The predicted octanol–water partition coefficient (Wildman–Crippen LogP) is 4.50. The Labute approximate surface area is 192 Å². The van der Waals surface area contributed by atoms with Crippen LogP contribution in [0.25, 0.3) is 0 Å². The van der Waals surface area contributed by atoms with Crippen LogP contribution in [0.3, 0.4) is 0 Å². The molecule has 1 atom stereocenters. The molecule has 176 valence electrons. The van der Waals surface area contributed by atoms with Gasteiger partial charge in [-0.2, -0.15) is 0 Å². The average Bonchev–Trinajstić information content (AvgIpc) is 3.40. The summed E-state index contributed by atoms with van der Waals surface area (Å²) in [7, 11) is -4.52. The highest BCUT2D eigenvalue weighted by molar-refractivity contribution is 7.92. The van der Waals surface area contributed by atoms with E-state index in [9.17, 15) is 26.0 Å². The molecule has 0 saturated carbocycles. The number of hydrogen-bond donors (Lipinski definition) is 2. The third kappa shape index (κ3) is 5.12. The molecule has 3 aromatic rings. The molecule has 0 spiro atoms. The average molecular weight is 501 g/mol. The summed E-state index contributed by atoms with van der Waals surface area (Å²) in [6.45, 7) is 2.56. The standard InChI is InChI=1S/C21H20F4N4O2S2/c1-12-18(7-17(24)21(20(12)25)33(30,31)28-19-10-32-11-26-19)27-15-4-5-29(9-15)8-13-6-14(22)2-3-16(13)23/h2-3,6-7,10-11,15,27-28H,4-5,8-9H2,1H3/t15-/m0/s1. The second-order valence-corrected chi connectivity index (χ2v) is 10.1. The molecular weight excluding hydrogens is 480 g/mol. The normalized spacial score (nSPS) is 16.8. The summed E-state index contributed by atoms with van der Waals surface area (Å²) in [6, 6.07) is 4.00. The Morgan fingerprint density at radius 2 is 1.97 bits per heavy atom. The monoisotopic (exact) mass is 500 g/mol. The van der Waals surface area contributed by atoms with Gasteiger partial charge in [0.15, 0.2) is 16.5 Å². The first-order valence-corrected chi connectivity index (χ1v) is 12.4. The van der Waals surface area contributed by atoms with Crippen LogP contribution in [0.4, 0.5) is 29.1 Å². The van der Waals surface area contributed by atoms with E-state index in [4.69, 9.17) is 0 Å². The van der Waals surface area contributed by atoms with E-state index in [0.29, 0.717) is 19.5 Å². The van der Waals surface area contributed by atoms with Crippen molar-refractivity contribution in [2.75, 3.05) is 23.1 Å². The first kappa shape index (κ1) is 23.5. The zero-order chi connectivity index (χ0) is 23.8. The maximum absolute atomic E-state index is 15.0. The van der Waals surface area contributed by atoms with Gasteiger partial charge in [-0.05, 0) is 37.6 Å². The number of aromatic nitrogens is 1. The van der Waals surface area contributed by atoms with Crippen molar-refractivity contribution >= 4 is 32.9 Å². The summed E-state index contributed by atoms with van der Waals surface area (Å²) in [5.41, 5.74) is 1.69. The maximum Gasteiger partial charge on any atom is 0.268 e. The number of rotatable bonds is 7. The number of sulfonamides is 1. The molecule has 0 amide bonds. The van der Waals surface area contributed by atoms with E-state index in [1.54, 1.807) is 0 Å². The summed E-state index contributed by atoms with van der Waals surface area (Å²) >= 11 is 1.13. The molecule has 2 aromatic carbocycles. The molecule has 0 aliphatic carbocycles. The largest absolute Gasteiger partial charge is 0.381 e. The molecule has 33 heavy (non-hydrogen) atoms. The van der Waals surface area contributed by atoms with Gasteiger partial charge in [0, 0.05) is 47.9 Å². The van der Waals surface area contributed by atoms with Gasteiger partial charge >= 0.3 is 0 Å². The van der Waals surface area contributed by atoms with Crippen LogP contribution in [-0.2, 0) is 16.6 Å². The highest BCUT2D eigenvalue weighted by atomic mass is 32.2. The molecule has 2 heterocycles. The lowest BCUT2D eigenvalue weighted by Gasteiger charge is -2.20. The topological polar surface area (TPSA) is 74.3 Å². The quantitative estimate of drug-likeness (QED) is 0.468. The number of anilines is 2. The molecule has 0 radical (unpaired) electrons. The van der Waals surface area contributed by atoms with Crippen molar-refractivity contribution in [3.05, 3.63) is 69.6 Å². The van der Waals surface area contributed by atoms with Crippen LogP contribution >= 0.6 is 11.3 Å². The van der Waals surface area contributed by atoms with Gasteiger partial charge in [0.25, 0.3) is 10.0 Å². The SMILES string of the molecule is Cc1c(N[C@H]2CCN(Cc3cc(F)ccc3F)C2)cc(F)c(S(=O)(=O)Nc2cscn2)c1F. The third-order valence-electron chi connectivity index (χ3n) is 5.39. The fourth-order valence-corrected chi connectivity index (χ4v) is 5.51. The molecule has 1 fully saturated rings. The Balaban J connectivity index is 1.48. The summed E-state index contributed by atoms with van der Waals surface area (Å²) in [6.07, 6.45) is 0.602. The van der Waals surface area contributed by atoms with Crippen LogP contribution in [-0.4, -0.2) is 37.4 Å². The number of nitrogens with one attached hydrogen (secondary N) is 2. The van der Waals surface area contributed by atoms with Crippen LogP contribution in [0.5, 0.6) is 0 Å². The van der Waals surface area contributed by atoms with Gasteiger partial charge in [-0.3, -0.25) is 9.62 Å². The number of hydrogen-bond acceptors (Lipinski definition) is 6. The molecular formula is C21H20F4N4O2S2. The van der Waals surface area contributed by atoms with Crippen LogP contribution in [0.1, 0.15) is 17.5 Å². The van der Waals surface area contributed by atoms with E-state index in [0.717, 1.165) is 35.6 Å². The summed E-state index contributed by atoms with van der Waals surface area (Å²) in [5, 5.41) is 4.44. The summed E-state index contributed by atoms with van der Waals surface area (Å²) < 4.78 is 84.1. The second-order valence-electron chi connectivity index (χ2n) is 7.75. The van der Waals surface area contributed by atoms with Crippen molar-refractivity contribution < 1.29 is 26.0 Å². The van der Waals surface area contributed by atoms with Crippen molar-refractivity contribution in [1.82, 2.24) is 9.88 Å². The number of benzene rings is 2. The lowest BCUT2D eigenvalue weighted by Crippen LogP contribution is -2.27. The van der Waals surface area contributed by atoms with E-state index in [2.05, 4.69) is 15.0 Å². The van der Waals surface area contributed by atoms with Gasteiger partial charge in [0.05, 0.1) is 5.51 Å². The number of thiazole rings is 1. The summed E-state index contributed by atoms with van der Waals surface area (Å²) in [4.78, 5) is 4.59. The van der Waals surface area contributed by atoms with Crippen LogP contribution in [0.15, 0.2) is 40.1 Å². The first-order chi connectivity index (χ1) is 15.6. The van der Waals surface area contributed by atoms with Crippen molar-refractivity contribution in [2.45, 2.75) is 30.8 Å². The molecule has 0 bridgehead atoms. The molecule has 1 aliphatic heterocycles. The van der Waals surface area contributed by atoms with E-state index < -0.39 is 38.2 Å². The highest BCUT2D eigenvalue weighted by Crippen LogP contribution is 2.30. The van der Waals surface area contributed by atoms with Gasteiger partial charge in [0.1, 0.15) is 17.5 Å². The molecule has 1 aliphatic rings. The lowest BCUT2D eigenvalue weighted by atomic mass is 10.1.